The second-order valence-electron chi connectivity index (χ2n) is 6.92. The van der Waals surface area contributed by atoms with Crippen molar-refractivity contribution < 1.29 is 4.79 Å². The summed E-state index contributed by atoms with van der Waals surface area (Å²) in [6, 6.07) is 22.1. The Balaban J connectivity index is 1.53. The van der Waals surface area contributed by atoms with E-state index >= 15 is 0 Å². The minimum absolute atomic E-state index is 0.0125. The highest BCUT2D eigenvalue weighted by atomic mass is 16.2. The zero-order chi connectivity index (χ0) is 19.3. The van der Waals surface area contributed by atoms with Crippen molar-refractivity contribution in [1.29, 1.82) is 0 Å². The molecule has 5 nitrogen and oxygen atoms in total. The standard InChI is InChI=1S/C23H24N4O/c24-17-18-6-4-7-19(16-18)21-10-5-11-25-22(21)23(28)27-14-12-26(13-15-27)20-8-2-1-3-9-20/h1-11,16H,12-15,17,24H2. The number of hydrogen-bond donors (Lipinski definition) is 1. The number of aromatic nitrogens is 1. The van der Waals surface area contributed by atoms with Crippen LogP contribution in [0.15, 0.2) is 72.9 Å². The molecule has 1 saturated heterocycles. The first-order valence-corrected chi connectivity index (χ1v) is 9.60. The maximum atomic E-state index is 13.2. The van der Waals surface area contributed by atoms with E-state index in [2.05, 4.69) is 22.0 Å². The molecule has 3 aromatic rings. The molecule has 0 aliphatic carbocycles. The van der Waals surface area contributed by atoms with E-state index in [4.69, 9.17) is 5.73 Å². The number of pyridine rings is 1. The molecule has 0 atom stereocenters. The van der Waals surface area contributed by atoms with Crippen LogP contribution < -0.4 is 10.6 Å². The molecule has 2 aromatic carbocycles. The summed E-state index contributed by atoms with van der Waals surface area (Å²) in [5.74, 6) is -0.0125. The lowest BCUT2D eigenvalue weighted by atomic mass is 10.0. The summed E-state index contributed by atoms with van der Waals surface area (Å²) in [4.78, 5) is 21.9. The molecule has 0 saturated carbocycles. The SMILES string of the molecule is NCc1cccc(-c2cccnc2C(=O)N2CCN(c3ccccc3)CC2)c1. The van der Waals surface area contributed by atoms with Gasteiger partial charge in [-0.2, -0.15) is 0 Å². The molecule has 1 aliphatic heterocycles. The molecule has 1 fully saturated rings. The van der Waals surface area contributed by atoms with Crippen molar-refractivity contribution in [2.45, 2.75) is 6.54 Å². The molecule has 1 amide bonds. The van der Waals surface area contributed by atoms with Crippen LogP contribution in [0.4, 0.5) is 5.69 Å². The van der Waals surface area contributed by atoms with Gasteiger partial charge in [0.2, 0.25) is 0 Å². The van der Waals surface area contributed by atoms with Gasteiger partial charge < -0.3 is 15.5 Å². The van der Waals surface area contributed by atoms with E-state index in [1.807, 2.05) is 59.5 Å². The molecule has 5 heteroatoms. The van der Waals surface area contributed by atoms with Crippen LogP contribution in [0.1, 0.15) is 16.1 Å². The molecule has 1 aromatic heterocycles. The Hall–Kier alpha value is -3.18. The Labute approximate surface area is 165 Å². The Morgan fingerprint density at radius 1 is 0.929 bits per heavy atom. The van der Waals surface area contributed by atoms with Crippen molar-refractivity contribution in [2.24, 2.45) is 5.73 Å². The molecule has 142 valence electrons. The first kappa shape index (κ1) is 18.2. The first-order chi connectivity index (χ1) is 13.8. The molecule has 0 bridgehead atoms. The van der Waals surface area contributed by atoms with Gasteiger partial charge in [0.15, 0.2) is 0 Å². The lowest BCUT2D eigenvalue weighted by Crippen LogP contribution is -2.49. The van der Waals surface area contributed by atoms with Gasteiger partial charge in [-0.1, -0.05) is 42.5 Å². The summed E-state index contributed by atoms with van der Waals surface area (Å²) >= 11 is 0. The molecule has 0 spiro atoms. The molecule has 4 rings (SSSR count). The lowest BCUT2D eigenvalue weighted by Gasteiger charge is -2.36. The minimum atomic E-state index is -0.0125. The fraction of sp³-hybridized carbons (Fsp3) is 0.217. The van der Waals surface area contributed by atoms with Crippen LogP contribution in [0.3, 0.4) is 0 Å². The average molecular weight is 372 g/mol. The number of benzene rings is 2. The summed E-state index contributed by atoms with van der Waals surface area (Å²) < 4.78 is 0. The van der Waals surface area contributed by atoms with Crippen LogP contribution >= 0.6 is 0 Å². The van der Waals surface area contributed by atoms with E-state index < -0.39 is 0 Å². The first-order valence-electron chi connectivity index (χ1n) is 9.60. The quantitative estimate of drug-likeness (QED) is 0.764. The van der Waals surface area contributed by atoms with Gasteiger partial charge in [-0.25, -0.2) is 0 Å². The zero-order valence-electron chi connectivity index (χ0n) is 15.8. The molecule has 28 heavy (non-hydrogen) atoms. The highest BCUT2D eigenvalue weighted by Gasteiger charge is 2.25. The van der Waals surface area contributed by atoms with E-state index in [1.54, 1.807) is 6.20 Å². The number of rotatable bonds is 4. The Morgan fingerprint density at radius 2 is 1.71 bits per heavy atom. The highest BCUT2D eigenvalue weighted by molar-refractivity contribution is 5.99. The van der Waals surface area contributed by atoms with Gasteiger partial charge in [0.05, 0.1) is 0 Å². The third-order valence-corrected chi connectivity index (χ3v) is 5.17. The maximum absolute atomic E-state index is 13.2. The van der Waals surface area contributed by atoms with Crippen LogP contribution in [-0.4, -0.2) is 42.0 Å². The predicted octanol–water partition coefficient (Wildman–Crippen LogP) is 3.17. The molecule has 0 radical (unpaired) electrons. The Bertz CT molecular complexity index is 950. The minimum Gasteiger partial charge on any atom is -0.368 e. The lowest BCUT2D eigenvalue weighted by molar-refractivity contribution is 0.0741. The summed E-state index contributed by atoms with van der Waals surface area (Å²) in [5.41, 5.74) is 10.3. The van der Waals surface area contributed by atoms with E-state index in [-0.39, 0.29) is 5.91 Å². The molecule has 2 heterocycles. The zero-order valence-corrected chi connectivity index (χ0v) is 15.8. The van der Waals surface area contributed by atoms with E-state index in [0.29, 0.717) is 25.3 Å². The summed E-state index contributed by atoms with van der Waals surface area (Å²) in [5, 5.41) is 0. The Kier molecular flexibility index (Phi) is 5.35. The van der Waals surface area contributed by atoms with Crippen LogP contribution in [0.2, 0.25) is 0 Å². The fourth-order valence-electron chi connectivity index (χ4n) is 3.63. The third-order valence-electron chi connectivity index (χ3n) is 5.17. The molecule has 0 unspecified atom stereocenters. The number of carbonyl (C=O) groups is 1. The summed E-state index contributed by atoms with van der Waals surface area (Å²) in [6.07, 6.45) is 1.68. The number of amides is 1. The van der Waals surface area contributed by atoms with Gasteiger partial charge in [0, 0.05) is 50.2 Å². The van der Waals surface area contributed by atoms with E-state index in [1.165, 1.54) is 5.69 Å². The number of para-hydroxylation sites is 1. The second kappa shape index (κ2) is 8.23. The van der Waals surface area contributed by atoms with E-state index in [0.717, 1.165) is 29.8 Å². The van der Waals surface area contributed by atoms with Gasteiger partial charge in [-0.3, -0.25) is 9.78 Å². The van der Waals surface area contributed by atoms with Crippen LogP contribution in [0, 0.1) is 0 Å². The van der Waals surface area contributed by atoms with Crippen molar-refractivity contribution in [3.8, 4) is 11.1 Å². The molecular formula is C23H24N4O. The highest BCUT2D eigenvalue weighted by Crippen LogP contribution is 2.25. The molecule has 1 aliphatic rings. The number of hydrogen-bond acceptors (Lipinski definition) is 4. The van der Waals surface area contributed by atoms with Gasteiger partial charge in [-0.15, -0.1) is 0 Å². The second-order valence-corrected chi connectivity index (χ2v) is 6.92. The smallest absolute Gasteiger partial charge is 0.273 e. The largest absolute Gasteiger partial charge is 0.368 e. The van der Waals surface area contributed by atoms with Crippen LogP contribution in [0.5, 0.6) is 0 Å². The monoisotopic (exact) mass is 372 g/mol. The van der Waals surface area contributed by atoms with Crippen LogP contribution in [-0.2, 0) is 6.54 Å². The number of nitrogens with two attached hydrogens (primary N) is 1. The topological polar surface area (TPSA) is 62.5 Å². The van der Waals surface area contributed by atoms with Crippen molar-refractivity contribution in [2.75, 3.05) is 31.1 Å². The van der Waals surface area contributed by atoms with E-state index in [9.17, 15) is 4.79 Å². The summed E-state index contributed by atoms with van der Waals surface area (Å²) in [7, 11) is 0. The van der Waals surface area contributed by atoms with Crippen molar-refractivity contribution in [3.63, 3.8) is 0 Å². The van der Waals surface area contributed by atoms with Gasteiger partial charge in [-0.05, 0) is 35.4 Å². The number of nitrogens with zero attached hydrogens (tertiary/aromatic N) is 3. The fourth-order valence-corrected chi connectivity index (χ4v) is 3.63. The Morgan fingerprint density at radius 3 is 2.46 bits per heavy atom. The van der Waals surface area contributed by atoms with Gasteiger partial charge >= 0.3 is 0 Å². The number of anilines is 1. The number of piperazine rings is 1. The van der Waals surface area contributed by atoms with Gasteiger partial charge in [0.1, 0.15) is 5.69 Å². The van der Waals surface area contributed by atoms with Crippen molar-refractivity contribution >= 4 is 11.6 Å². The molecular weight excluding hydrogens is 348 g/mol. The average Bonchev–Trinajstić information content (AvgIpc) is 2.79. The third kappa shape index (κ3) is 3.75. The molecule has 2 N–H and O–H groups in total. The summed E-state index contributed by atoms with van der Waals surface area (Å²) in [6.45, 7) is 3.49. The van der Waals surface area contributed by atoms with Crippen molar-refractivity contribution in [1.82, 2.24) is 9.88 Å². The maximum Gasteiger partial charge on any atom is 0.273 e. The van der Waals surface area contributed by atoms with Crippen LogP contribution in [0.25, 0.3) is 11.1 Å². The van der Waals surface area contributed by atoms with Gasteiger partial charge in [0.25, 0.3) is 5.91 Å². The predicted molar refractivity (Wildman–Crippen MR) is 112 cm³/mol. The van der Waals surface area contributed by atoms with Crippen molar-refractivity contribution in [3.05, 3.63) is 84.2 Å². The number of carbonyl (C=O) groups excluding carboxylic acids is 1. The normalized spacial score (nSPS) is 14.2.